The van der Waals surface area contributed by atoms with Gasteiger partial charge in [-0.15, -0.1) is 0 Å². The summed E-state index contributed by atoms with van der Waals surface area (Å²) in [5.74, 6) is 1.28. The van der Waals surface area contributed by atoms with Gasteiger partial charge in [-0.05, 0) is 82.9 Å². The van der Waals surface area contributed by atoms with Crippen LogP contribution in [0.4, 0.5) is 4.79 Å². The van der Waals surface area contributed by atoms with Crippen molar-refractivity contribution in [1.82, 2.24) is 20.1 Å². The number of esters is 1. The lowest BCUT2D eigenvalue weighted by Crippen LogP contribution is -2.46. The monoisotopic (exact) mass is 586 g/mol. The van der Waals surface area contributed by atoms with Gasteiger partial charge in [-0.25, -0.2) is 14.6 Å². The normalized spacial score (nSPS) is 17.9. The summed E-state index contributed by atoms with van der Waals surface area (Å²) in [6.45, 7) is 12.7. The maximum absolute atomic E-state index is 12.8. The minimum atomic E-state index is -0.547. The van der Waals surface area contributed by atoms with Gasteiger partial charge in [-0.3, -0.25) is 4.90 Å². The second-order valence-electron chi connectivity index (χ2n) is 12.4. The van der Waals surface area contributed by atoms with Crippen molar-refractivity contribution < 1.29 is 23.8 Å². The molecule has 2 aliphatic rings. The third kappa shape index (κ3) is 8.04. The Hall–Kier alpha value is -4.11. The third-order valence-electron chi connectivity index (χ3n) is 7.78. The van der Waals surface area contributed by atoms with Crippen LogP contribution < -0.4 is 14.8 Å². The Morgan fingerprint density at radius 3 is 2.40 bits per heavy atom. The van der Waals surface area contributed by atoms with Gasteiger partial charge in [0.25, 0.3) is 0 Å². The molecule has 9 nitrogen and oxygen atoms in total. The quantitative estimate of drug-likeness (QED) is 0.310. The molecule has 0 unspecified atom stereocenters. The van der Waals surface area contributed by atoms with E-state index in [0.717, 1.165) is 43.7 Å². The number of nitrogens with one attached hydrogen (secondary N) is 1. The molecule has 0 aliphatic carbocycles. The van der Waals surface area contributed by atoms with Crippen LogP contribution in [0.2, 0.25) is 0 Å². The summed E-state index contributed by atoms with van der Waals surface area (Å²) < 4.78 is 16.8. The van der Waals surface area contributed by atoms with E-state index in [1.54, 1.807) is 24.3 Å². The van der Waals surface area contributed by atoms with E-state index < -0.39 is 11.6 Å². The lowest BCUT2D eigenvalue weighted by molar-refractivity contribution is -0.157. The molecule has 9 heteroatoms. The lowest BCUT2D eigenvalue weighted by atomic mass is 9.98. The first-order chi connectivity index (χ1) is 20.5. The van der Waals surface area contributed by atoms with Crippen LogP contribution in [-0.2, 0) is 16.1 Å². The fourth-order valence-electron chi connectivity index (χ4n) is 5.72. The number of hydrogen-bond donors (Lipinski definition) is 1. The first-order valence-corrected chi connectivity index (χ1v) is 15.0. The van der Waals surface area contributed by atoms with Crippen molar-refractivity contribution in [1.29, 1.82) is 0 Å². The van der Waals surface area contributed by atoms with Crippen LogP contribution in [0.15, 0.2) is 60.7 Å². The number of urea groups is 1. The van der Waals surface area contributed by atoms with Crippen molar-refractivity contribution in [2.24, 2.45) is 0 Å². The number of ether oxygens (including phenoxy) is 3. The molecule has 5 rings (SSSR count). The van der Waals surface area contributed by atoms with E-state index in [0.29, 0.717) is 23.9 Å². The first-order valence-electron chi connectivity index (χ1n) is 15.0. The Bertz CT molecular complexity index is 1430. The molecule has 2 aliphatic heterocycles. The van der Waals surface area contributed by atoms with Crippen LogP contribution in [0.25, 0.3) is 0 Å². The Morgan fingerprint density at radius 1 is 1.00 bits per heavy atom. The van der Waals surface area contributed by atoms with Crippen LogP contribution in [0.5, 0.6) is 17.4 Å². The number of piperidine rings is 1. The Labute approximate surface area is 254 Å². The largest absolute Gasteiger partial charge is 0.482 e. The highest BCUT2D eigenvalue weighted by atomic mass is 16.6. The summed E-state index contributed by atoms with van der Waals surface area (Å²) in [5, 5.41) is 3.07. The van der Waals surface area contributed by atoms with Gasteiger partial charge in [-0.1, -0.05) is 35.9 Å². The highest BCUT2D eigenvalue weighted by molar-refractivity contribution is 5.77. The number of nitrogens with zero attached hydrogens (tertiary/aromatic N) is 3. The predicted octanol–water partition coefficient (Wildman–Crippen LogP) is 5.94. The Morgan fingerprint density at radius 2 is 1.72 bits per heavy atom. The molecule has 0 spiro atoms. The molecule has 2 amide bonds. The fraction of sp³-hybridized carbons (Fsp3) is 0.441. The fourth-order valence-corrected chi connectivity index (χ4v) is 5.72. The van der Waals surface area contributed by atoms with Crippen molar-refractivity contribution in [2.45, 2.75) is 71.7 Å². The van der Waals surface area contributed by atoms with Crippen molar-refractivity contribution in [3.05, 3.63) is 83.0 Å². The van der Waals surface area contributed by atoms with Crippen molar-refractivity contribution in [3.8, 4) is 17.4 Å². The van der Waals surface area contributed by atoms with Crippen molar-refractivity contribution in [2.75, 3.05) is 26.2 Å². The van der Waals surface area contributed by atoms with E-state index >= 15 is 0 Å². The lowest BCUT2D eigenvalue weighted by Gasteiger charge is -2.39. The standard InChI is InChI=1S/C34H42N4O5/c1-23-7-6-8-25(19-23)30-20-35-33(40)38(30)27-15-17-37(18-16-27)21-26-9-14-31(36-24(26)2)42-29-12-10-28(11-13-29)41-22-32(39)43-34(3,4)5/h6-14,19,27,30H,15-18,20-22H2,1-5H3,(H,35,40)/t30-/m0/s1. The zero-order valence-electron chi connectivity index (χ0n) is 25.8. The summed E-state index contributed by atoms with van der Waals surface area (Å²) in [6.07, 6.45) is 1.89. The maximum Gasteiger partial charge on any atom is 0.344 e. The van der Waals surface area contributed by atoms with Crippen LogP contribution >= 0.6 is 0 Å². The number of rotatable bonds is 9. The minimum Gasteiger partial charge on any atom is -0.482 e. The van der Waals surface area contributed by atoms with Crippen LogP contribution in [-0.4, -0.2) is 64.7 Å². The van der Waals surface area contributed by atoms with Crippen molar-refractivity contribution >= 4 is 12.0 Å². The number of carbonyl (C=O) groups is 2. The van der Waals surface area contributed by atoms with Crippen LogP contribution in [0.3, 0.4) is 0 Å². The average molecular weight is 587 g/mol. The molecule has 43 heavy (non-hydrogen) atoms. The van der Waals surface area contributed by atoms with Crippen LogP contribution in [0, 0.1) is 13.8 Å². The van der Waals surface area contributed by atoms with Gasteiger partial charge in [-0.2, -0.15) is 0 Å². The van der Waals surface area contributed by atoms with Crippen LogP contribution in [0.1, 0.15) is 62.0 Å². The highest BCUT2D eigenvalue weighted by Crippen LogP contribution is 2.32. The maximum atomic E-state index is 12.8. The molecule has 0 radical (unpaired) electrons. The topological polar surface area (TPSA) is 93.2 Å². The van der Waals surface area contributed by atoms with Crippen molar-refractivity contribution in [3.63, 3.8) is 0 Å². The zero-order chi connectivity index (χ0) is 30.6. The molecule has 1 N–H and O–H groups in total. The van der Waals surface area contributed by atoms with Gasteiger partial charge in [0.2, 0.25) is 5.88 Å². The molecule has 1 aromatic heterocycles. The van der Waals surface area contributed by atoms with Gasteiger partial charge >= 0.3 is 12.0 Å². The Kier molecular flexibility index (Phi) is 9.20. The zero-order valence-corrected chi connectivity index (χ0v) is 25.8. The molecular formula is C34H42N4O5. The van der Waals surface area contributed by atoms with E-state index in [9.17, 15) is 9.59 Å². The second-order valence-corrected chi connectivity index (χ2v) is 12.4. The number of amides is 2. The predicted molar refractivity (Wildman–Crippen MR) is 164 cm³/mol. The van der Waals surface area contributed by atoms with E-state index in [1.807, 2.05) is 33.8 Å². The average Bonchev–Trinajstić information content (AvgIpc) is 3.35. The molecular weight excluding hydrogens is 544 g/mol. The molecule has 2 fully saturated rings. The smallest absolute Gasteiger partial charge is 0.344 e. The third-order valence-corrected chi connectivity index (χ3v) is 7.78. The number of hydrogen-bond acceptors (Lipinski definition) is 7. The van der Waals surface area contributed by atoms with E-state index in [-0.39, 0.29) is 24.7 Å². The first kappa shape index (κ1) is 30.4. The summed E-state index contributed by atoms with van der Waals surface area (Å²) >= 11 is 0. The van der Waals surface area contributed by atoms with Gasteiger partial charge in [0, 0.05) is 44.0 Å². The van der Waals surface area contributed by atoms with Gasteiger partial charge in [0.15, 0.2) is 6.61 Å². The van der Waals surface area contributed by atoms with E-state index in [2.05, 4.69) is 57.4 Å². The molecule has 0 saturated carbocycles. The Balaban J connectivity index is 1.11. The van der Waals surface area contributed by atoms with E-state index in [4.69, 9.17) is 14.2 Å². The number of likely N-dealkylation sites (tertiary alicyclic amines) is 1. The molecule has 3 heterocycles. The van der Waals surface area contributed by atoms with Gasteiger partial charge < -0.3 is 24.4 Å². The van der Waals surface area contributed by atoms with Gasteiger partial charge in [0.1, 0.15) is 17.1 Å². The highest BCUT2D eigenvalue weighted by Gasteiger charge is 2.38. The molecule has 3 aromatic rings. The summed E-state index contributed by atoms with van der Waals surface area (Å²) in [4.78, 5) is 33.9. The molecule has 228 valence electrons. The number of carbonyl (C=O) groups excluding carboxylic acids is 2. The van der Waals surface area contributed by atoms with Gasteiger partial charge in [0.05, 0.1) is 6.04 Å². The minimum absolute atomic E-state index is 0.0450. The number of aromatic nitrogens is 1. The van der Waals surface area contributed by atoms with E-state index in [1.165, 1.54) is 11.1 Å². The molecule has 2 aromatic carbocycles. The SMILES string of the molecule is Cc1cccc([C@@H]2CNC(=O)N2C2CCN(Cc3ccc(Oc4ccc(OCC(=O)OC(C)(C)C)cc4)nc3C)CC2)c1. The molecule has 0 bridgehead atoms. The summed E-state index contributed by atoms with van der Waals surface area (Å²) in [5.41, 5.74) is 3.96. The summed E-state index contributed by atoms with van der Waals surface area (Å²) in [6, 6.07) is 19.9. The summed E-state index contributed by atoms with van der Waals surface area (Å²) in [7, 11) is 0. The number of aryl methyl sites for hydroxylation is 2. The number of benzene rings is 2. The molecule has 2 saturated heterocycles. The molecule has 1 atom stereocenters. The number of pyridine rings is 1. The second kappa shape index (κ2) is 13.0.